The van der Waals surface area contributed by atoms with Gasteiger partial charge in [-0.3, -0.25) is 11.2 Å². The highest BCUT2D eigenvalue weighted by Gasteiger charge is 2.23. The highest BCUT2D eigenvalue weighted by molar-refractivity contribution is 6.07. The molecule has 1 aromatic heterocycles. The van der Waals surface area contributed by atoms with E-state index in [-0.39, 0.29) is 11.9 Å². The third kappa shape index (κ3) is 2.77. The summed E-state index contributed by atoms with van der Waals surface area (Å²) in [4.78, 5) is 12.5. The molecule has 5 N–H and O–H groups in total. The van der Waals surface area contributed by atoms with Gasteiger partial charge in [0.05, 0.1) is 12.4 Å². The van der Waals surface area contributed by atoms with Crippen LogP contribution >= 0.6 is 0 Å². The fraction of sp³-hybridized carbons (Fsp3) is 0.0833. The van der Waals surface area contributed by atoms with E-state index >= 15 is 0 Å². The second-order valence-electron chi connectivity index (χ2n) is 4.15. The van der Waals surface area contributed by atoms with Crippen molar-refractivity contribution in [3.8, 4) is 0 Å². The minimum Gasteiger partial charge on any atom is -0.368 e. The molecule has 0 bridgehead atoms. The first-order valence-corrected chi connectivity index (χ1v) is 6.16. The molecule has 0 saturated heterocycles. The summed E-state index contributed by atoms with van der Waals surface area (Å²) in [6, 6.07) is 9.46. The molecule has 0 amide bonds. The molecule has 9 heteroatoms. The number of aliphatic imine (C=N–C) groups is 2. The maximum Gasteiger partial charge on any atom is 0.261 e. The number of amidine groups is 1. The van der Waals surface area contributed by atoms with E-state index in [2.05, 4.69) is 30.6 Å². The lowest BCUT2D eigenvalue weighted by Gasteiger charge is -2.30. The van der Waals surface area contributed by atoms with Crippen LogP contribution in [0.15, 0.2) is 52.7 Å². The Labute approximate surface area is 120 Å². The van der Waals surface area contributed by atoms with Crippen molar-refractivity contribution in [1.29, 1.82) is 0 Å². The quantitative estimate of drug-likeness (QED) is 0.693. The summed E-state index contributed by atoms with van der Waals surface area (Å²) in [5, 5.41) is 8.86. The molecule has 1 unspecified atom stereocenters. The molecule has 3 rings (SSSR count). The van der Waals surface area contributed by atoms with Crippen molar-refractivity contribution < 1.29 is 0 Å². The van der Waals surface area contributed by atoms with Gasteiger partial charge in [0.25, 0.3) is 5.95 Å². The smallest absolute Gasteiger partial charge is 0.261 e. The van der Waals surface area contributed by atoms with Crippen molar-refractivity contribution in [3.63, 3.8) is 0 Å². The minimum atomic E-state index is -0.749. The highest BCUT2D eigenvalue weighted by atomic mass is 15.6. The Morgan fingerprint density at radius 2 is 1.95 bits per heavy atom. The van der Waals surface area contributed by atoms with Crippen LogP contribution in [0.25, 0.3) is 0 Å². The van der Waals surface area contributed by atoms with Crippen molar-refractivity contribution in [1.82, 2.24) is 20.2 Å². The zero-order valence-corrected chi connectivity index (χ0v) is 11.0. The fourth-order valence-corrected chi connectivity index (χ4v) is 1.77. The average molecular weight is 283 g/mol. The van der Waals surface area contributed by atoms with E-state index in [1.165, 1.54) is 17.4 Å². The van der Waals surface area contributed by atoms with Crippen molar-refractivity contribution in [2.45, 2.75) is 6.29 Å². The van der Waals surface area contributed by atoms with Gasteiger partial charge in [0.15, 0.2) is 12.1 Å². The van der Waals surface area contributed by atoms with Crippen molar-refractivity contribution in [2.24, 2.45) is 21.5 Å². The van der Waals surface area contributed by atoms with Crippen LogP contribution in [0, 0.1) is 0 Å². The number of aromatic nitrogens is 3. The Morgan fingerprint density at radius 3 is 2.62 bits per heavy atom. The SMILES string of the molecule is NC1=NC(c2ccccc2)=NC(N)N1Nc1nccnn1. The average Bonchev–Trinajstić information content (AvgIpc) is 2.52. The van der Waals surface area contributed by atoms with Crippen LogP contribution in [0.4, 0.5) is 5.95 Å². The summed E-state index contributed by atoms with van der Waals surface area (Å²) < 4.78 is 0. The zero-order chi connectivity index (χ0) is 14.7. The van der Waals surface area contributed by atoms with E-state index in [9.17, 15) is 0 Å². The first-order valence-electron chi connectivity index (χ1n) is 6.16. The van der Waals surface area contributed by atoms with E-state index in [0.717, 1.165) is 5.56 Å². The Balaban J connectivity index is 1.82. The number of hydrogen-bond acceptors (Lipinski definition) is 9. The first kappa shape index (κ1) is 12.9. The number of rotatable bonds is 3. The van der Waals surface area contributed by atoms with Crippen molar-refractivity contribution >= 4 is 17.7 Å². The molecule has 21 heavy (non-hydrogen) atoms. The molecular formula is C12H13N9. The molecule has 2 heterocycles. The zero-order valence-electron chi connectivity index (χ0n) is 11.0. The van der Waals surface area contributed by atoms with E-state index in [1.54, 1.807) is 0 Å². The van der Waals surface area contributed by atoms with Gasteiger partial charge in [-0.05, 0) is 0 Å². The van der Waals surface area contributed by atoms with Crippen LogP contribution < -0.4 is 16.9 Å². The number of guanidine groups is 1. The molecule has 9 nitrogen and oxygen atoms in total. The largest absolute Gasteiger partial charge is 0.368 e. The molecule has 0 saturated carbocycles. The third-order valence-corrected chi connectivity index (χ3v) is 2.72. The first-order chi connectivity index (χ1) is 10.2. The molecule has 0 aliphatic carbocycles. The van der Waals surface area contributed by atoms with Gasteiger partial charge in [0.2, 0.25) is 5.96 Å². The maximum absolute atomic E-state index is 5.98. The van der Waals surface area contributed by atoms with Gasteiger partial charge in [0, 0.05) is 5.56 Å². The van der Waals surface area contributed by atoms with Gasteiger partial charge in [-0.1, -0.05) is 30.3 Å². The maximum atomic E-state index is 5.98. The van der Waals surface area contributed by atoms with E-state index in [0.29, 0.717) is 5.84 Å². The van der Waals surface area contributed by atoms with Crippen molar-refractivity contribution in [2.75, 3.05) is 5.43 Å². The molecular weight excluding hydrogens is 270 g/mol. The normalized spacial score (nSPS) is 18.0. The summed E-state index contributed by atoms with van der Waals surface area (Å²) in [7, 11) is 0. The van der Waals surface area contributed by atoms with Crippen LogP contribution in [0.1, 0.15) is 5.56 Å². The van der Waals surface area contributed by atoms with E-state index in [4.69, 9.17) is 11.5 Å². The molecule has 2 aromatic rings. The lowest BCUT2D eigenvalue weighted by molar-refractivity contribution is 0.368. The topological polar surface area (TPSA) is 131 Å². The van der Waals surface area contributed by atoms with Crippen molar-refractivity contribution in [3.05, 3.63) is 48.3 Å². The fourth-order valence-electron chi connectivity index (χ4n) is 1.77. The van der Waals surface area contributed by atoms with Crippen LogP contribution in [0.3, 0.4) is 0 Å². The number of hydrazine groups is 1. The summed E-state index contributed by atoms with van der Waals surface area (Å²) in [5.41, 5.74) is 15.6. The second-order valence-corrected chi connectivity index (χ2v) is 4.15. The Morgan fingerprint density at radius 1 is 1.14 bits per heavy atom. The number of benzene rings is 1. The van der Waals surface area contributed by atoms with Gasteiger partial charge in [0.1, 0.15) is 0 Å². The summed E-state index contributed by atoms with van der Waals surface area (Å²) in [5.74, 6) is 0.902. The molecule has 0 fully saturated rings. The lowest BCUT2D eigenvalue weighted by atomic mass is 10.2. The lowest BCUT2D eigenvalue weighted by Crippen LogP contribution is -2.54. The van der Waals surface area contributed by atoms with Crippen LogP contribution in [0.5, 0.6) is 0 Å². The number of nitrogens with zero attached hydrogens (tertiary/aromatic N) is 6. The number of hydrogen-bond donors (Lipinski definition) is 3. The molecule has 106 valence electrons. The predicted molar refractivity (Wildman–Crippen MR) is 77.9 cm³/mol. The summed E-state index contributed by atoms with van der Waals surface area (Å²) in [6.07, 6.45) is 2.21. The predicted octanol–water partition coefficient (Wildman–Crippen LogP) is -0.482. The number of nitrogens with two attached hydrogens (primary N) is 2. The van der Waals surface area contributed by atoms with Gasteiger partial charge >= 0.3 is 0 Å². The molecule has 1 aliphatic rings. The molecule has 1 aliphatic heterocycles. The monoisotopic (exact) mass is 283 g/mol. The number of anilines is 1. The van der Waals surface area contributed by atoms with E-state index < -0.39 is 6.29 Å². The molecule has 1 atom stereocenters. The van der Waals surface area contributed by atoms with Crippen LogP contribution in [-0.4, -0.2) is 38.3 Å². The Bertz CT molecular complexity index is 668. The highest BCUT2D eigenvalue weighted by Crippen LogP contribution is 2.10. The van der Waals surface area contributed by atoms with Gasteiger partial charge < -0.3 is 5.73 Å². The number of nitrogens with one attached hydrogen (secondary N) is 1. The second kappa shape index (κ2) is 5.51. The molecule has 0 radical (unpaired) electrons. The molecule has 0 spiro atoms. The summed E-state index contributed by atoms with van der Waals surface area (Å²) >= 11 is 0. The van der Waals surface area contributed by atoms with Crippen LogP contribution in [-0.2, 0) is 0 Å². The van der Waals surface area contributed by atoms with Gasteiger partial charge in [-0.15, -0.1) is 5.10 Å². The van der Waals surface area contributed by atoms with E-state index in [1.807, 2.05) is 30.3 Å². The summed E-state index contributed by atoms with van der Waals surface area (Å²) in [6.45, 7) is 0. The Kier molecular flexibility index (Phi) is 3.39. The van der Waals surface area contributed by atoms with Crippen LogP contribution in [0.2, 0.25) is 0 Å². The minimum absolute atomic E-state index is 0.170. The molecule has 1 aromatic carbocycles. The standard InChI is InChI=1S/C12H13N9/c13-10-17-9(8-4-2-1-3-5-8)18-11(14)21(10)20-12-15-6-7-16-19-12/h1-7,10H,13H2,(H2,14,17,18)(H,15,19,20). The third-order valence-electron chi connectivity index (χ3n) is 2.72. The Hall–Kier alpha value is -3.07. The van der Waals surface area contributed by atoms with Gasteiger partial charge in [-0.25, -0.2) is 15.0 Å². The van der Waals surface area contributed by atoms with Gasteiger partial charge in [-0.2, -0.15) is 10.1 Å².